The molecule has 3 nitrogen and oxygen atoms in total. The Labute approximate surface area is 103 Å². The Morgan fingerprint density at radius 3 is 2.31 bits per heavy atom. The van der Waals surface area contributed by atoms with E-state index >= 15 is 0 Å². The van der Waals surface area contributed by atoms with Gasteiger partial charge < -0.3 is 4.74 Å². The monoisotopic (exact) mass is 254 g/mol. The first kappa shape index (κ1) is 11.2. The van der Waals surface area contributed by atoms with Crippen molar-refractivity contribution in [2.24, 2.45) is 0 Å². The van der Waals surface area contributed by atoms with E-state index in [2.05, 4.69) is 9.97 Å². The minimum absolute atomic E-state index is 0.225. The molecule has 0 saturated heterocycles. The van der Waals surface area contributed by atoms with E-state index < -0.39 is 0 Å². The summed E-state index contributed by atoms with van der Waals surface area (Å²) in [4.78, 5) is 7.82. The fourth-order valence-corrected chi connectivity index (χ4v) is 1.66. The van der Waals surface area contributed by atoms with Crippen LogP contribution in [0.15, 0.2) is 30.6 Å². The summed E-state index contributed by atoms with van der Waals surface area (Å²) >= 11 is 11.6. The zero-order valence-electron chi connectivity index (χ0n) is 8.45. The van der Waals surface area contributed by atoms with Gasteiger partial charge in [-0.2, -0.15) is 0 Å². The van der Waals surface area contributed by atoms with Crippen molar-refractivity contribution in [1.29, 1.82) is 0 Å². The van der Waals surface area contributed by atoms with E-state index in [-0.39, 0.29) is 5.28 Å². The topological polar surface area (TPSA) is 35.0 Å². The van der Waals surface area contributed by atoms with Gasteiger partial charge in [-0.25, -0.2) is 9.97 Å². The van der Waals surface area contributed by atoms with Crippen LogP contribution in [0.25, 0.3) is 11.1 Å². The molecule has 0 atom stereocenters. The largest absolute Gasteiger partial charge is 0.495 e. The number of hydrogen-bond acceptors (Lipinski definition) is 3. The second-order valence-corrected chi connectivity index (χ2v) is 3.84. The number of halogens is 2. The Hall–Kier alpha value is -1.32. The van der Waals surface area contributed by atoms with Gasteiger partial charge in [-0.3, -0.25) is 0 Å². The number of benzene rings is 1. The van der Waals surface area contributed by atoms with Crippen LogP contribution in [0.5, 0.6) is 5.75 Å². The van der Waals surface area contributed by atoms with Crippen LogP contribution in [0.4, 0.5) is 0 Å². The Bertz CT molecular complexity index is 500. The highest BCUT2D eigenvalue weighted by Gasteiger charge is 2.04. The van der Waals surface area contributed by atoms with E-state index in [9.17, 15) is 0 Å². The van der Waals surface area contributed by atoms with Gasteiger partial charge >= 0.3 is 0 Å². The molecule has 2 rings (SSSR count). The molecule has 1 aromatic carbocycles. The Kier molecular flexibility index (Phi) is 3.27. The third-order valence-electron chi connectivity index (χ3n) is 2.11. The van der Waals surface area contributed by atoms with E-state index in [4.69, 9.17) is 27.9 Å². The third kappa shape index (κ3) is 2.26. The number of rotatable bonds is 2. The summed E-state index contributed by atoms with van der Waals surface area (Å²) in [6.45, 7) is 0. The quantitative estimate of drug-likeness (QED) is 0.771. The molecule has 0 aliphatic heterocycles. The molecule has 0 aliphatic rings. The first-order valence-corrected chi connectivity index (χ1v) is 5.28. The Balaban J connectivity index is 2.41. The minimum atomic E-state index is 0.225. The van der Waals surface area contributed by atoms with E-state index in [1.807, 2.05) is 6.07 Å². The lowest BCUT2D eigenvalue weighted by Gasteiger charge is -2.05. The smallest absolute Gasteiger partial charge is 0.222 e. The highest BCUT2D eigenvalue weighted by Crippen LogP contribution is 2.29. The van der Waals surface area contributed by atoms with Crippen molar-refractivity contribution in [3.05, 3.63) is 40.9 Å². The fourth-order valence-electron chi connectivity index (χ4n) is 1.31. The number of nitrogens with zero attached hydrogens (tertiary/aromatic N) is 2. The molecule has 82 valence electrons. The molecule has 0 bridgehead atoms. The fraction of sp³-hybridized carbons (Fsp3) is 0.0909. The summed E-state index contributed by atoms with van der Waals surface area (Å²) in [6.07, 6.45) is 3.29. The molecule has 0 unspecified atom stereocenters. The van der Waals surface area contributed by atoms with Crippen LogP contribution in [0.2, 0.25) is 10.3 Å². The van der Waals surface area contributed by atoms with Gasteiger partial charge in [-0.15, -0.1) is 0 Å². The zero-order valence-corrected chi connectivity index (χ0v) is 9.96. The number of methoxy groups -OCH3 is 1. The second-order valence-electron chi connectivity index (χ2n) is 3.09. The first-order valence-electron chi connectivity index (χ1n) is 4.52. The van der Waals surface area contributed by atoms with E-state index in [0.717, 1.165) is 11.1 Å². The van der Waals surface area contributed by atoms with Crippen molar-refractivity contribution in [3.63, 3.8) is 0 Å². The lowest BCUT2D eigenvalue weighted by Crippen LogP contribution is -1.87. The normalized spacial score (nSPS) is 10.2. The van der Waals surface area contributed by atoms with Crippen molar-refractivity contribution in [1.82, 2.24) is 9.97 Å². The maximum absolute atomic E-state index is 6.02. The van der Waals surface area contributed by atoms with Gasteiger partial charge in [0.1, 0.15) is 5.75 Å². The second kappa shape index (κ2) is 4.68. The molecule has 0 fully saturated rings. The average Bonchev–Trinajstić information content (AvgIpc) is 2.30. The van der Waals surface area contributed by atoms with Gasteiger partial charge in [-0.05, 0) is 29.3 Å². The summed E-state index contributed by atoms with van der Waals surface area (Å²) in [7, 11) is 1.58. The minimum Gasteiger partial charge on any atom is -0.495 e. The van der Waals surface area contributed by atoms with Crippen LogP contribution in [0.3, 0.4) is 0 Å². The average molecular weight is 255 g/mol. The molecule has 0 radical (unpaired) electrons. The van der Waals surface area contributed by atoms with Crippen LogP contribution in [-0.2, 0) is 0 Å². The predicted octanol–water partition coefficient (Wildman–Crippen LogP) is 3.46. The third-order valence-corrected chi connectivity index (χ3v) is 2.60. The molecular formula is C11H8Cl2N2O. The zero-order chi connectivity index (χ0) is 11.5. The molecule has 0 amide bonds. The summed E-state index contributed by atoms with van der Waals surface area (Å²) in [6, 6.07) is 5.48. The van der Waals surface area contributed by atoms with E-state index in [1.165, 1.54) is 0 Å². The SMILES string of the molecule is COc1ccc(-c2cnc(Cl)nc2)cc1Cl. The highest BCUT2D eigenvalue weighted by molar-refractivity contribution is 6.32. The predicted molar refractivity (Wildman–Crippen MR) is 64.0 cm³/mol. The summed E-state index contributed by atoms with van der Waals surface area (Å²) in [5.74, 6) is 0.639. The number of hydrogen-bond donors (Lipinski definition) is 0. The van der Waals surface area contributed by atoms with Crippen molar-refractivity contribution in [2.75, 3.05) is 7.11 Å². The van der Waals surface area contributed by atoms with Crippen molar-refractivity contribution >= 4 is 23.2 Å². The molecule has 0 aliphatic carbocycles. The molecule has 5 heteroatoms. The molecule has 0 N–H and O–H groups in total. The van der Waals surface area contributed by atoms with Crippen LogP contribution >= 0.6 is 23.2 Å². The van der Waals surface area contributed by atoms with Crippen molar-refractivity contribution < 1.29 is 4.74 Å². The summed E-state index contributed by atoms with van der Waals surface area (Å²) in [5.41, 5.74) is 1.77. The maximum Gasteiger partial charge on any atom is 0.222 e. The standard InChI is InChI=1S/C11H8Cl2N2O/c1-16-10-3-2-7(4-9(10)12)8-5-14-11(13)15-6-8/h2-6H,1H3. The number of aromatic nitrogens is 2. The van der Waals surface area contributed by atoms with E-state index in [1.54, 1.807) is 31.6 Å². The van der Waals surface area contributed by atoms with Gasteiger partial charge in [0.15, 0.2) is 0 Å². The van der Waals surface area contributed by atoms with Crippen molar-refractivity contribution in [3.8, 4) is 16.9 Å². The summed E-state index contributed by atoms with van der Waals surface area (Å²) < 4.78 is 5.07. The molecule has 16 heavy (non-hydrogen) atoms. The van der Waals surface area contributed by atoms with Gasteiger partial charge in [0.05, 0.1) is 12.1 Å². The van der Waals surface area contributed by atoms with Gasteiger partial charge in [0.2, 0.25) is 5.28 Å². The Morgan fingerprint density at radius 2 is 1.75 bits per heavy atom. The molecule has 2 aromatic rings. The van der Waals surface area contributed by atoms with Gasteiger partial charge in [0, 0.05) is 18.0 Å². The molecule has 1 aromatic heterocycles. The lowest BCUT2D eigenvalue weighted by atomic mass is 10.1. The van der Waals surface area contributed by atoms with Gasteiger partial charge in [-0.1, -0.05) is 17.7 Å². The van der Waals surface area contributed by atoms with E-state index in [0.29, 0.717) is 10.8 Å². The van der Waals surface area contributed by atoms with Crippen molar-refractivity contribution in [2.45, 2.75) is 0 Å². The van der Waals surface area contributed by atoms with Crippen LogP contribution in [-0.4, -0.2) is 17.1 Å². The van der Waals surface area contributed by atoms with Crippen LogP contribution in [0, 0.1) is 0 Å². The lowest BCUT2D eigenvalue weighted by molar-refractivity contribution is 0.415. The van der Waals surface area contributed by atoms with Gasteiger partial charge in [0.25, 0.3) is 0 Å². The molecular weight excluding hydrogens is 247 g/mol. The summed E-state index contributed by atoms with van der Waals surface area (Å²) in [5, 5.41) is 0.776. The maximum atomic E-state index is 6.02. The number of ether oxygens (including phenoxy) is 1. The first-order chi connectivity index (χ1) is 7.70. The molecule has 0 saturated carbocycles. The molecule has 1 heterocycles. The van der Waals surface area contributed by atoms with Crippen LogP contribution < -0.4 is 4.74 Å². The van der Waals surface area contributed by atoms with Crippen LogP contribution in [0.1, 0.15) is 0 Å². The highest BCUT2D eigenvalue weighted by atomic mass is 35.5. The molecule has 0 spiro atoms. The Morgan fingerprint density at radius 1 is 1.06 bits per heavy atom.